The van der Waals surface area contributed by atoms with Crippen molar-refractivity contribution in [1.82, 2.24) is 10.2 Å². The van der Waals surface area contributed by atoms with E-state index in [0.717, 1.165) is 4.90 Å². The highest BCUT2D eigenvalue weighted by atomic mass is 19.4. The Kier molecular flexibility index (Phi) is 5.86. The number of aliphatic carboxylic acids is 1. The maximum atomic E-state index is 13.4. The number of nitrogens with one attached hydrogen (secondary N) is 1. The lowest BCUT2D eigenvalue weighted by Crippen LogP contribution is -2.40. The standard InChI is InChI=1S/C16H18F4N2O3/c17-13-6-2-1-4-10(13)5-3-7-21-15(25)22-8-11(14(23)24)12(9-22)16(18,19)20/h1-2,4,6,11-12H,3,5,7-9H2,(H,21,25)(H,23,24)/t11-,12-/m1/s1. The van der Waals surface area contributed by atoms with E-state index >= 15 is 0 Å². The van der Waals surface area contributed by atoms with Crippen LogP contribution in [0.1, 0.15) is 12.0 Å². The molecule has 25 heavy (non-hydrogen) atoms. The van der Waals surface area contributed by atoms with Gasteiger partial charge in [0.1, 0.15) is 5.82 Å². The Morgan fingerprint density at radius 2 is 1.92 bits per heavy atom. The molecule has 0 aromatic heterocycles. The lowest BCUT2D eigenvalue weighted by atomic mass is 9.96. The fourth-order valence-corrected chi connectivity index (χ4v) is 2.84. The third-order valence-electron chi connectivity index (χ3n) is 4.20. The van der Waals surface area contributed by atoms with Crippen molar-refractivity contribution in [1.29, 1.82) is 0 Å². The molecular weight excluding hydrogens is 344 g/mol. The molecule has 0 radical (unpaired) electrons. The molecule has 0 spiro atoms. The lowest BCUT2D eigenvalue weighted by Gasteiger charge is -2.18. The summed E-state index contributed by atoms with van der Waals surface area (Å²) in [6.07, 6.45) is -3.90. The largest absolute Gasteiger partial charge is 0.481 e. The van der Waals surface area contributed by atoms with Gasteiger partial charge in [-0.3, -0.25) is 4.79 Å². The Morgan fingerprint density at radius 3 is 2.48 bits per heavy atom. The first-order valence-corrected chi connectivity index (χ1v) is 7.76. The second-order valence-corrected chi connectivity index (χ2v) is 5.92. The van der Waals surface area contributed by atoms with Crippen molar-refractivity contribution >= 4 is 12.0 Å². The number of rotatable bonds is 5. The van der Waals surface area contributed by atoms with E-state index in [4.69, 9.17) is 5.11 Å². The Morgan fingerprint density at radius 1 is 1.24 bits per heavy atom. The van der Waals surface area contributed by atoms with Crippen LogP contribution in [0.4, 0.5) is 22.4 Å². The van der Waals surface area contributed by atoms with Gasteiger partial charge in [0.25, 0.3) is 0 Å². The molecule has 0 unspecified atom stereocenters. The topological polar surface area (TPSA) is 69.6 Å². The molecule has 9 heteroatoms. The maximum absolute atomic E-state index is 13.4. The zero-order valence-corrected chi connectivity index (χ0v) is 13.2. The average Bonchev–Trinajstić information content (AvgIpc) is 2.99. The monoisotopic (exact) mass is 362 g/mol. The van der Waals surface area contributed by atoms with Crippen LogP contribution >= 0.6 is 0 Å². The summed E-state index contributed by atoms with van der Waals surface area (Å²) in [6, 6.07) is 5.44. The molecule has 138 valence electrons. The molecular formula is C16H18F4N2O3. The summed E-state index contributed by atoms with van der Waals surface area (Å²) in [7, 11) is 0. The van der Waals surface area contributed by atoms with Crippen LogP contribution in [0, 0.1) is 17.7 Å². The number of benzene rings is 1. The normalized spacial score (nSPS) is 20.6. The Hall–Kier alpha value is -2.32. The molecule has 5 nitrogen and oxygen atoms in total. The summed E-state index contributed by atoms with van der Waals surface area (Å²) < 4.78 is 52.1. The van der Waals surface area contributed by atoms with E-state index in [1.165, 1.54) is 6.07 Å². The van der Waals surface area contributed by atoms with Gasteiger partial charge in [0.15, 0.2) is 0 Å². The van der Waals surface area contributed by atoms with E-state index in [1.807, 2.05) is 0 Å². The third-order valence-corrected chi connectivity index (χ3v) is 4.20. The van der Waals surface area contributed by atoms with Crippen LogP contribution in [-0.4, -0.2) is 47.8 Å². The molecule has 1 aromatic rings. The second-order valence-electron chi connectivity index (χ2n) is 5.92. The predicted molar refractivity (Wildman–Crippen MR) is 80.4 cm³/mol. The van der Waals surface area contributed by atoms with E-state index in [2.05, 4.69) is 5.32 Å². The zero-order valence-electron chi connectivity index (χ0n) is 13.2. The number of amides is 2. The number of likely N-dealkylation sites (tertiary alicyclic amines) is 1. The number of carboxylic acid groups (broad SMARTS) is 1. The number of hydrogen-bond acceptors (Lipinski definition) is 2. The van der Waals surface area contributed by atoms with Crippen molar-refractivity contribution in [3.05, 3.63) is 35.6 Å². The SMILES string of the molecule is O=C(O)[C@@H]1CN(C(=O)NCCCc2ccccc2F)C[C@H]1C(F)(F)F. The van der Waals surface area contributed by atoms with Gasteiger partial charge >= 0.3 is 18.2 Å². The zero-order chi connectivity index (χ0) is 18.6. The number of carbonyl (C=O) groups excluding carboxylic acids is 1. The van der Waals surface area contributed by atoms with Crippen LogP contribution < -0.4 is 5.32 Å². The van der Waals surface area contributed by atoms with Crippen LogP contribution in [0.2, 0.25) is 0 Å². The molecule has 2 N–H and O–H groups in total. The number of nitrogens with zero attached hydrogens (tertiary/aromatic N) is 1. The quantitative estimate of drug-likeness (QED) is 0.625. The smallest absolute Gasteiger partial charge is 0.394 e. The minimum atomic E-state index is -4.68. The van der Waals surface area contributed by atoms with Crippen molar-refractivity contribution in [2.45, 2.75) is 19.0 Å². The van der Waals surface area contributed by atoms with Crippen molar-refractivity contribution in [2.75, 3.05) is 19.6 Å². The van der Waals surface area contributed by atoms with Crippen LogP contribution in [0.25, 0.3) is 0 Å². The number of aryl methyl sites for hydroxylation is 1. The molecule has 2 atom stereocenters. The molecule has 0 aliphatic carbocycles. The van der Waals surface area contributed by atoms with Crippen LogP contribution in [-0.2, 0) is 11.2 Å². The molecule has 0 saturated carbocycles. The van der Waals surface area contributed by atoms with Crippen LogP contribution in [0.15, 0.2) is 24.3 Å². The summed E-state index contributed by atoms with van der Waals surface area (Å²) in [4.78, 5) is 23.8. The number of carbonyl (C=O) groups is 2. The van der Waals surface area contributed by atoms with E-state index < -0.39 is 43.1 Å². The van der Waals surface area contributed by atoms with Crippen molar-refractivity contribution in [2.24, 2.45) is 11.8 Å². The average molecular weight is 362 g/mol. The maximum Gasteiger partial charge on any atom is 0.394 e. The van der Waals surface area contributed by atoms with E-state index in [1.54, 1.807) is 18.2 Å². The minimum absolute atomic E-state index is 0.151. The van der Waals surface area contributed by atoms with Crippen molar-refractivity contribution in [3.8, 4) is 0 Å². The van der Waals surface area contributed by atoms with Gasteiger partial charge in [0, 0.05) is 19.6 Å². The van der Waals surface area contributed by atoms with Gasteiger partial charge in [-0.25, -0.2) is 9.18 Å². The number of urea groups is 1. The van der Waals surface area contributed by atoms with Gasteiger partial charge < -0.3 is 15.3 Å². The minimum Gasteiger partial charge on any atom is -0.481 e. The summed E-state index contributed by atoms with van der Waals surface area (Å²) in [6.45, 7) is -1.02. The molecule has 1 aliphatic heterocycles. The van der Waals surface area contributed by atoms with Gasteiger partial charge in [0.05, 0.1) is 11.8 Å². The molecule has 2 rings (SSSR count). The highest BCUT2D eigenvalue weighted by Crippen LogP contribution is 2.37. The summed E-state index contributed by atoms with van der Waals surface area (Å²) in [5.74, 6) is -5.67. The highest BCUT2D eigenvalue weighted by molar-refractivity contribution is 5.77. The van der Waals surface area contributed by atoms with Crippen LogP contribution in [0.3, 0.4) is 0 Å². The fraction of sp³-hybridized carbons (Fsp3) is 0.500. The molecule has 0 bridgehead atoms. The molecule has 1 saturated heterocycles. The third kappa shape index (κ3) is 4.83. The number of hydrogen-bond donors (Lipinski definition) is 2. The molecule has 1 fully saturated rings. The molecule has 2 amide bonds. The number of carboxylic acids is 1. The lowest BCUT2D eigenvalue weighted by molar-refractivity contribution is -0.187. The highest BCUT2D eigenvalue weighted by Gasteiger charge is 2.53. The predicted octanol–water partition coefficient (Wildman–Crippen LogP) is 2.66. The van der Waals surface area contributed by atoms with Crippen molar-refractivity contribution in [3.63, 3.8) is 0 Å². The van der Waals surface area contributed by atoms with E-state index in [0.29, 0.717) is 18.4 Å². The van der Waals surface area contributed by atoms with Crippen LogP contribution in [0.5, 0.6) is 0 Å². The first-order valence-electron chi connectivity index (χ1n) is 7.76. The van der Waals surface area contributed by atoms with E-state index in [9.17, 15) is 27.2 Å². The number of alkyl halides is 3. The molecule has 1 aromatic carbocycles. The van der Waals surface area contributed by atoms with Gasteiger partial charge in [0.2, 0.25) is 0 Å². The van der Waals surface area contributed by atoms with Gasteiger partial charge in [-0.15, -0.1) is 0 Å². The van der Waals surface area contributed by atoms with Gasteiger partial charge in [-0.2, -0.15) is 13.2 Å². The summed E-state index contributed by atoms with van der Waals surface area (Å²) >= 11 is 0. The van der Waals surface area contributed by atoms with E-state index in [-0.39, 0.29) is 12.4 Å². The molecule has 1 heterocycles. The number of halogens is 4. The van der Waals surface area contributed by atoms with Gasteiger partial charge in [-0.05, 0) is 24.5 Å². The fourth-order valence-electron chi connectivity index (χ4n) is 2.84. The first-order chi connectivity index (χ1) is 11.7. The Bertz CT molecular complexity index is 636. The van der Waals surface area contributed by atoms with Gasteiger partial charge in [-0.1, -0.05) is 18.2 Å². The second kappa shape index (κ2) is 7.71. The molecule has 1 aliphatic rings. The van der Waals surface area contributed by atoms with Crippen molar-refractivity contribution < 1.29 is 32.3 Å². The summed E-state index contributed by atoms with van der Waals surface area (Å²) in [5, 5.41) is 11.4. The Balaban J connectivity index is 1.83. The first kappa shape index (κ1) is 19.0. The Labute approximate surface area is 141 Å². The summed E-state index contributed by atoms with van der Waals surface area (Å²) in [5.41, 5.74) is 0.487.